The Morgan fingerprint density at radius 3 is 2.52 bits per heavy atom. The van der Waals surface area contributed by atoms with E-state index in [2.05, 4.69) is 5.32 Å². The lowest BCUT2D eigenvalue weighted by Gasteiger charge is -2.09. The van der Waals surface area contributed by atoms with E-state index in [1.807, 2.05) is 0 Å². The number of nitrogens with zero attached hydrogens (tertiary/aromatic N) is 1. The lowest BCUT2D eigenvalue weighted by molar-refractivity contribution is -0.384. The summed E-state index contributed by atoms with van der Waals surface area (Å²) in [5, 5.41) is 13.1. The number of anilines is 1. The minimum Gasteiger partial charge on any atom is -0.493 e. The number of carbonyl (C=O) groups is 1. The standard InChI is InChI=1S/C14H12N2O5/c1-20-12-7-2-3-8-13(12)21-14(17)15-10-5-4-6-11(9-10)16(18)19/h2-9H,1H3,(H,15,17). The number of methoxy groups -OCH3 is 1. The summed E-state index contributed by atoms with van der Waals surface area (Å²) in [7, 11) is 1.46. The highest BCUT2D eigenvalue weighted by Gasteiger charge is 2.11. The molecule has 0 heterocycles. The summed E-state index contributed by atoms with van der Waals surface area (Å²) in [4.78, 5) is 21.9. The van der Waals surface area contributed by atoms with E-state index in [1.54, 1.807) is 24.3 Å². The van der Waals surface area contributed by atoms with E-state index in [0.29, 0.717) is 5.75 Å². The van der Waals surface area contributed by atoms with E-state index < -0.39 is 11.0 Å². The molecule has 0 aliphatic rings. The molecule has 2 rings (SSSR count). The summed E-state index contributed by atoms with van der Waals surface area (Å²) in [6.45, 7) is 0. The second-order valence-electron chi connectivity index (χ2n) is 3.97. The largest absolute Gasteiger partial charge is 0.493 e. The molecule has 0 radical (unpaired) electrons. The minimum absolute atomic E-state index is 0.120. The first-order valence-corrected chi connectivity index (χ1v) is 5.96. The number of hydrogen-bond donors (Lipinski definition) is 1. The molecule has 0 aliphatic heterocycles. The van der Waals surface area contributed by atoms with E-state index >= 15 is 0 Å². The average Bonchev–Trinajstić information content (AvgIpc) is 2.48. The van der Waals surface area contributed by atoms with E-state index in [9.17, 15) is 14.9 Å². The van der Waals surface area contributed by atoms with Crippen LogP contribution in [-0.4, -0.2) is 18.1 Å². The maximum Gasteiger partial charge on any atom is 0.417 e. The molecular weight excluding hydrogens is 276 g/mol. The molecule has 1 N–H and O–H groups in total. The molecule has 2 aromatic carbocycles. The Hall–Kier alpha value is -3.09. The van der Waals surface area contributed by atoms with Gasteiger partial charge in [0.2, 0.25) is 0 Å². The van der Waals surface area contributed by atoms with Crippen molar-refractivity contribution in [3.05, 3.63) is 58.6 Å². The van der Waals surface area contributed by atoms with Crippen LogP contribution in [0.2, 0.25) is 0 Å². The third kappa shape index (κ3) is 3.69. The molecule has 0 fully saturated rings. The van der Waals surface area contributed by atoms with Crippen LogP contribution in [0.1, 0.15) is 0 Å². The summed E-state index contributed by atoms with van der Waals surface area (Å²) in [5.41, 5.74) is 0.147. The number of rotatable bonds is 4. The van der Waals surface area contributed by atoms with Crippen LogP contribution in [0.4, 0.5) is 16.2 Å². The summed E-state index contributed by atoms with van der Waals surface area (Å²) in [6.07, 6.45) is -0.764. The van der Waals surface area contributed by atoms with Crippen molar-refractivity contribution in [3.8, 4) is 11.5 Å². The molecular formula is C14H12N2O5. The first-order chi connectivity index (χ1) is 10.1. The normalized spacial score (nSPS) is 9.76. The van der Waals surface area contributed by atoms with Crippen molar-refractivity contribution in [2.75, 3.05) is 12.4 Å². The Labute approximate surface area is 120 Å². The second kappa shape index (κ2) is 6.38. The fourth-order valence-electron chi connectivity index (χ4n) is 1.64. The Balaban J connectivity index is 2.08. The predicted octanol–water partition coefficient (Wildman–Crippen LogP) is 3.21. The van der Waals surface area contributed by atoms with Crippen molar-refractivity contribution in [2.24, 2.45) is 0 Å². The van der Waals surface area contributed by atoms with Gasteiger partial charge in [0.25, 0.3) is 5.69 Å². The molecule has 1 amide bonds. The van der Waals surface area contributed by atoms with Crippen LogP contribution in [-0.2, 0) is 0 Å². The summed E-state index contributed by atoms with van der Waals surface area (Å²) in [6, 6.07) is 12.2. The van der Waals surface area contributed by atoms with Crippen LogP contribution < -0.4 is 14.8 Å². The minimum atomic E-state index is -0.764. The SMILES string of the molecule is COc1ccccc1OC(=O)Nc1cccc([N+](=O)[O-])c1. The number of ether oxygens (including phenoxy) is 2. The molecule has 0 atom stereocenters. The third-order valence-electron chi connectivity index (χ3n) is 2.58. The van der Waals surface area contributed by atoms with Crippen LogP contribution >= 0.6 is 0 Å². The van der Waals surface area contributed by atoms with Gasteiger partial charge in [-0.05, 0) is 18.2 Å². The number of carbonyl (C=O) groups excluding carboxylic acids is 1. The summed E-state index contributed by atoms with van der Waals surface area (Å²) >= 11 is 0. The molecule has 7 nitrogen and oxygen atoms in total. The van der Waals surface area contributed by atoms with Gasteiger partial charge >= 0.3 is 6.09 Å². The van der Waals surface area contributed by atoms with Crippen LogP contribution in [0.25, 0.3) is 0 Å². The average molecular weight is 288 g/mol. The maximum atomic E-state index is 11.8. The Morgan fingerprint density at radius 2 is 1.86 bits per heavy atom. The molecule has 108 valence electrons. The van der Waals surface area contributed by atoms with Gasteiger partial charge in [-0.3, -0.25) is 15.4 Å². The molecule has 0 saturated heterocycles. The van der Waals surface area contributed by atoms with Gasteiger partial charge in [0, 0.05) is 12.1 Å². The molecule has 0 aliphatic carbocycles. The van der Waals surface area contributed by atoms with E-state index in [-0.39, 0.29) is 17.1 Å². The molecule has 7 heteroatoms. The fraction of sp³-hybridized carbons (Fsp3) is 0.0714. The first kappa shape index (κ1) is 14.3. The highest BCUT2D eigenvalue weighted by molar-refractivity contribution is 5.87. The van der Waals surface area contributed by atoms with Crippen LogP contribution in [0, 0.1) is 10.1 Å². The molecule has 0 saturated carbocycles. The highest BCUT2D eigenvalue weighted by atomic mass is 16.6. The van der Waals surface area contributed by atoms with Gasteiger partial charge in [0.15, 0.2) is 11.5 Å². The zero-order valence-corrected chi connectivity index (χ0v) is 11.1. The molecule has 2 aromatic rings. The number of nitro groups is 1. The molecule has 0 bridgehead atoms. The molecule has 0 unspecified atom stereocenters. The molecule has 21 heavy (non-hydrogen) atoms. The van der Waals surface area contributed by atoms with E-state index in [1.165, 1.54) is 31.4 Å². The Kier molecular flexibility index (Phi) is 4.35. The topological polar surface area (TPSA) is 90.7 Å². The van der Waals surface area contributed by atoms with Gasteiger partial charge in [-0.25, -0.2) is 4.79 Å². The van der Waals surface area contributed by atoms with Crippen molar-refractivity contribution in [1.29, 1.82) is 0 Å². The van der Waals surface area contributed by atoms with Crippen molar-refractivity contribution in [2.45, 2.75) is 0 Å². The number of benzene rings is 2. The van der Waals surface area contributed by atoms with Crippen LogP contribution in [0.3, 0.4) is 0 Å². The number of nitrogens with one attached hydrogen (secondary N) is 1. The zero-order chi connectivity index (χ0) is 15.2. The summed E-state index contributed by atoms with van der Waals surface area (Å²) in [5.74, 6) is 0.662. The van der Waals surface area contributed by atoms with Gasteiger partial charge in [-0.2, -0.15) is 0 Å². The van der Waals surface area contributed by atoms with Crippen molar-refractivity contribution >= 4 is 17.5 Å². The van der Waals surface area contributed by atoms with Gasteiger partial charge in [0.05, 0.1) is 17.7 Å². The van der Waals surface area contributed by atoms with Crippen LogP contribution in [0.5, 0.6) is 11.5 Å². The van der Waals surface area contributed by atoms with Crippen molar-refractivity contribution < 1.29 is 19.2 Å². The maximum absolute atomic E-state index is 11.8. The van der Waals surface area contributed by atoms with Gasteiger partial charge in [0.1, 0.15) is 0 Å². The number of non-ortho nitro benzene ring substituents is 1. The number of para-hydroxylation sites is 2. The summed E-state index contributed by atoms with van der Waals surface area (Å²) < 4.78 is 10.1. The highest BCUT2D eigenvalue weighted by Crippen LogP contribution is 2.26. The van der Waals surface area contributed by atoms with Gasteiger partial charge in [-0.15, -0.1) is 0 Å². The fourth-order valence-corrected chi connectivity index (χ4v) is 1.64. The molecule has 0 aromatic heterocycles. The van der Waals surface area contributed by atoms with Gasteiger partial charge < -0.3 is 9.47 Å². The lowest BCUT2D eigenvalue weighted by atomic mass is 10.3. The number of nitro benzene ring substituents is 1. The monoisotopic (exact) mass is 288 g/mol. The number of hydrogen-bond acceptors (Lipinski definition) is 5. The van der Waals surface area contributed by atoms with Crippen molar-refractivity contribution in [1.82, 2.24) is 0 Å². The van der Waals surface area contributed by atoms with Gasteiger partial charge in [-0.1, -0.05) is 18.2 Å². The zero-order valence-electron chi connectivity index (χ0n) is 11.1. The van der Waals surface area contributed by atoms with E-state index in [0.717, 1.165) is 0 Å². The van der Waals surface area contributed by atoms with Crippen LogP contribution in [0.15, 0.2) is 48.5 Å². The first-order valence-electron chi connectivity index (χ1n) is 5.96. The smallest absolute Gasteiger partial charge is 0.417 e. The quantitative estimate of drug-likeness (QED) is 0.689. The van der Waals surface area contributed by atoms with E-state index in [4.69, 9.17) is 9.47 Å². The third-order valence-corrected chi connectivity index (χ3v) is 2.58. The molecule has 0 spiro atoms. The Bertz CT molecular complexity index is 672. The second-order valence-corrected chi connectivity index (χ2v) is 3.97. The predicted molar refractivity (Wildman–Crippen MR) is 75.7 cm³/mol. The van der Waals surface area contributed by atoms with Crippen molar-refractivity contribution in [3.63, 3.8) is 0 Å². The number of amides is 1. The lowest BCUT2D eigenvalue weighted by Crippen LogP contribution is -2.17. The Morgan fingerprint density at radius 1 is 1.14 bits per heavy atom.